The number of benzene rings is 1. The molecule has 0 heterocycles. The molecule has 0 fully saturated rings. The second-order valence-electron chi connectivity index (χ2n) is 3.09. The predicted octanol–water partition coefficient (Wildman–Crippen LogP) is 2.31. The highest BCUT2D eigenvalue weighted by Crippen LogP contribution is 2.19. The van der Waals surface area contributed by atoms with E-state index in [2.05, 4.69) is 12.5 Å². The lowest BCUT2D eigenvalue weighted by molar-refractivity contribution is 0.184. The molecule has 0 aromatic heterocycles. The summed E-state index contributed by atoms with van der Waals surface area (Å²) in [7, 11) is 0. The molecule has 1 aromatic rings. The van der Waals surface area contributed by atoms with E-state index in [9.17, 15) is 5.11 Å². The molecule has 0 aliphatic heterocycles. The summed E-state index contributed by atoms with van der Waals surface area (Å²) in [5, 5.41) is 9.59. The average Bonchev–Trinajstić information content (AvgIpc) is 2.27. The molecule has 0 spiro atoms. The van der Waals surface area contributed by atoms with Crippen molar-refractivity contribution in [2.45, 2.75) is 12.5 Å². The molecule has 78 valence electrons. The maximum Gasteiger partial charge on any atom is 0.119 e. The van der Waals surface area contributed by atoms with Crippen LogP contribution in [0.5, 0.6) is 5.75 Å². The predicted molar refractivity (Wildman–Crippen MR) is 60.5 cm³/mol. The quantitative estimate of drug-likeness (QED) is 0.586. The summed E-state index contributed by atoms with van der Waals surface area (Å²) in [5.74, 6) is 3.18. The van der Waals surface area contributed by atoms with E-state index in [-0.39, 0.29) is 0 Å². The van der Waals surface area contributed by atoms with Gasteiger partial charge in [0.25, 0.3) is 0 Å². The molecule has 2 heteroatoms. The van der Waals surface area contributed by atoms with Gasteiger partial charge < -0.3 is 9.84 Å². The molecular weight excluding hydrogens is 188 g/mol. The van der Waals surface area contributed by atoms with Gasteiger partial charge in [-0.2, -0.15) is 0 Å². The number of aliphatic hydroxyl groups is 1. The van der Waals surface area contributed by atoms with Crippen molar-refractivity contribution in [1.82, 2.24) is 0 Å². The van der Waals surface area contributed by atoms with Crippen LogP contribution in [0.25, 0.3) is 0 Å². The van der Waals surface area contributed by atoms with Gasteiger partial charge in [-0.3, -0.25) is 0 Å². The molecule has 0 bridgehead atoms. The van der Waals surface area contributed by atoms with E-state index in [1.807, 2.05) is 0 Å². The number of ether oxygens (including phenoxy) is 1. The average molecular weight is 202 g/mol. The van der Waals surface area contributed by atoms with Crippen LogP contribution in [0.15, 0.2) is 36.9 Å². The Kier molecular flexibility index (Phi) is 4.46. The molecule has 1 aromatic carbocycles. The molecule has 15 heavy (non-hydrogen) atoms. The van der Waals surface area contributed by atoms with Gasteiger partial charge in [-0.15, -0.1) is 12.3 Å². The number of hydrogen-bond acceptors (Lipinski definition) is 2. The molecule has 1 N–H and O–H groups in total. The van der Waals surface area contributed by atoms with Gasteiger partial charge in [-0.1, -0.05) is 24.8 Å². The van der Waals surface area contributed by atoms with Crippen LogP contribution in [-0.4, -0.2) is 11.7 Å². The Morgan fingerprint density at radius 3 is 2.67 bits per heavy atom. The minimum absolute atomic E-state index is 0.326. The SMILES string of the molecule is C#CCC(O)c1ccc(OCC=C)cc1. The first-order valence-electron chi connectivity index (χ1n) is 4.73. The second kappa shape index (κ2) is 5.90. The molecule has 2 nitrogen and oxygen atoms in total. The highest BCUT2D eigenvalue weighted by molar-refractivity contribution is 5.29. The maximum absolute atomic E-state index is 9.59. The van der Waals surface area contributed by atoms with Crippen molar-refractivity contribution in [2.75, 3.05) is 6.61 Å². The fraction of sp³-hybridized carbons (Fsp3) is 0.231. The van der Waals surface area contributed by atoms with Crippen LogP contribution < -0.4 is 4.74 Å². The van der Waals surface area contributed by atoms with Crippen LogP contribution in [0, 0.1) is 12.3 Å². The van der Waals surface area contributed by atoms with E-state index in [0.717, 1.165) is 11.3 Å². The van der Waals surface area contributed by atoms with Crippen LogP contribution in [0.2, 0.25) is 0 Å². The smallest absolute Gasteiger partial charge is 0.119 e. The summed E-state index contributed by atoms with van der Waals surface area (Å²) in [5.41, 5.74) is 0.805. The molecule has 1 unspecified atom stereocenters. The van der Waals surface area contributed by atoms with Gasteiger partial charge >= 0.3 is 0 Å². The van der Waals surface area contributed by atoms with Crippen LogP contribution >= 0.6 is 0 Å². The van der Waals surface area contributed by atoms with Crippen molar-refractivity contribution in [1.29, 1.82) is 0 Å². The molecule has 0 amide bonds. The molecular formula is C13H14O2. The Morgan fingerprint density at radius 1 is 1.47 bits per heavy atom. The van der Waals surface area contributed by atoms with Crippen molar-refractivity contribution < 1.29 is 9.84 Å². The fourth-order valence-electron chi connectivity index (χ4n) is 1.17. The minimum atomic E-state index is -0.594. The topological polar surface area (TPSA) is 29.5 Å². The summed E-state index contributed by atoms with van der Waals surface area (Å²) < 4.78 is 5.31. The van der Waals surface area contributed by atoms with Crippen LogP contribution in [-0.2, 0) is 0 Å². The number of aliphatic hydroxyl groups excluding tert-OH is 1. The first-order valence-corrected chi connectivity index (χ1v) is 4.73. The molecule has 1 rings (SSSR count). The molecule has 0 saturated carbocycles. The summed E-state index contributed by atoms with van der Waals surface area (Å²) in [6, 6.07) is 7.22. The summed E-state index contributed by atoms with van der Waals surface area (Å²) in [6.07, 6.45) is 6.53. The van der Waals surface area contributed by atoms with Crippen molar-refractivity contribution in [3.63, 3.8) is 0 Å². The van der Waals surface area contributed by atoms with Gasteiger partial charge in [-0.25, -0.2) is 0 Å². The van der Waals surface area contributed by atoms with Crippen LogP contribution in [0.3, 0.4) is 0 Å². The summed E-state index contributed by atoms with van der Waals surface area (Å²) >= 11 is 0. The molecule has 0 saturated heterocycles. The largest absolute Gasteiger partial charge is 0.490 e. The third-order valence-electron chi connectivity index (χ3n) is 1.94. The van der Waals surface area contributed by atoms with E-state index in [1.165, 1.54) is 0 Å². The Labute approximate surface area is 90.2 Å². The lowest BCUT2D eigenvalue weighted by Crippen LogP contribution is -1.97. The van der Waals surface area contributed by atoms with Crippen molar-refractivity contribution >= 4 is 0 Å². The Morgan fingerprint density at radius 2 is 2.13 bits per heavy atom. The summed E-state index contributed by atoms with van der Waals surface area (Å²) in [4.78, 5) is 0. The minimum Gasteiger partial charge on any atom is -0.490 e. The van der Waals surface area contributed by atoms with E-state index in [4.69, 9.17) is 11.2 Å². The third-order valence-corrected chi connectivity index (χ3v) is 1.94. The zero-order chi connectivity index (χ0) is 11.1. The van der Waals surface area contributed by atoms with Crippen molar-refractivity contribution in [2.24, 2.45) is 0 Å². The van der Waals surface area contributed by atoms with Gasteiger partial charge in [0.1, 0.15) is 12.4 Å². The van der Waals surface area contributed by atoms with E-state index < -0.39 is 6.10 Å². The number of terminal acetylenes is 1. The second-order valence-corrected chi connectivity index (χ2v) is 3.09. The lowest BCUT2D eigenvalue weighted by atomic mass is 10.1. The Hall–Kier alpha value is -1.72. The normalized spacial score (nSPS) is 11.5. The molecule has 0 aliphatic rings. The first-order chi connectivity index (χ1) is 7.27. The van der Waals surface area contributed by atoms with Crippen LogP contribution in [0.1, 0.15) is 18.1 Å². The van der Waals surface area contributed by atoms with Crippen LogP contribution in [0.4, 0.5) is 0 Å². The van der Waals surface area contributed by atoms with Crippen molar-refractivity contribution in [3.8, 4) is 18.1 Å². The van der Waals surface area contributed by atoms with E-state index in [0.29, 0.717) is 13.0 Å². The number of rotatable bonds is 5. The van der Waals surface area contributed by atoms with Gasteiger partial charge in [0, 0.05) is 6.42 Å². The number of hydrogen-bond donors (Lipinski definition) is 1. The Bertz CT molecular complexity index is 346. The van der Waals surface area contributed by atoms with Gasteiger partial charge in [-0.05, 0) is 17.7 Å². The van der Waals surface area contributed by atoms with Gasteiger partial charge in [0.05, 0.1) is 6.10 Å². The first kappa shape index (κ1) is 11.4. The lowest BCUT2D eigenvalue weighted by Gasteiger charge is -2.08. The third kappa shape index (κ3) is 3.49. The zero-order valence-electron chi connectivity index (χ0n) is 8.52. The molecule has 0 aliphatic carbocycles. The van der Waals surface area contributed by atoms with E-state index >= 15 is 0 Å². The molecule has 1 atom stereocenters. The zero-order valence-corrected chi connectivity index (χ0v) is 8.52. The standard InChI is InChI=1S/C13H14O2/c1-3-5-13(14)11-6-8-12(9-7-11)15-10-4-2/h1,4,6-9,13-14H,2,5,10H2. The maximum atomic E-state index is 9.59. The fourth-order valence-corrected chi connectivity index (χ4v) is 1.17. The highest BCUT2D eigenvalue weighted by atomic mass is 16.5. The summed E-state index contributed by atoms with van der Waals surface area (Å²) in [6.45, 7) is 4.04. The van der Waals surface area contributed by atoms with Gasteiger partial charge in [0.15, 0.2) is 0 Å². The van der Waals surface area contributed by atoms with E-state index in [1.54, 1.807) is 30.3 Å². The monoisotopic (exact) mass is 202 g/mol. The van der Waals surface area contributed by atoms with Gasteiger partial charge in [0.2, 0.25) is 0 Å². The van der Waals surface area contributed by atoms with Crippen molar-refractivity contribution in [3.05, 3.63) is 42.5 Å². The molecule has 0 radical (unpaired) electrons. The highest BCUT2D eigenvalue weighted by Gasteiger charge is 2.05. The Balaban J connectivity index is 2.63.